The summed E-state index contributed by atoms with van der Waals surface area (Å²) in [6.45, 7) is 1.98. The Morgan fingerprint density at radius 2 is 1.90 bits per heavy atom. The second kappa shape index (κ2) is 4.85. The average molecular weight is 271 g/mol. The van der Waals surface area contributed by atoms with E-state index in [0.717, 1.165) is 22.3 Å². The first-order chi connectivity index (χ1) is 9.61. The van der Waals surface area contributed by atoms with E-state index in [4.69, 9.17) is 0 Å². The SMILES string of the molecule is CC(Nc1cccc(F)c1)c1ccc2[nH]c(=O)[nH]c2c1. The van der Waals surface area contributed by atoms with E-state index in [-0.39, 0.29) is 17.5 Å². The van der Waals surface area contributed by atoms with Gasteiger partial charge in [-0.1, -0.05) is 12.1 Å². The molecular formula is C15H14FN3O. The number of rotatable bonds is 3. The first-order valence-electron chi connectivity index (χ1n) is 6.36. The van der Waals surface area contributed by atoms with Gasteiger partial charge in [-0.05, 0) is 42.8 Å². The molecule has 0 saturated carbocycles. The second-order valence-electron chi connectivity index (χ2n) is 4.76. The summed E-state index contributed by atoms with van der Waals surface area (Å²) in [6, 6.07) is 12.0. The highest BCUT2D eigenvalue weighted by molar-refractivity contribution is 5.75. The number of imidazole rings is 1. The summed E-state index contributed by atoms with van der Waals surface area (Å²) in [4.78, 5) is 16.7. The molecule has 0 aliphatic carbocycles. The highest BCUT2D eigenvalue weighted by Crippen LogP contribution is 2.21. The molecule has 0 amide bonds. The third kappa shape index (κ3) is 2.42. The van der Waals surface area contributed by atoms with Crippen molar-refractivity contribution in [3.63, 3.8) is 0 Å². The third-order valence-electron chi connectivity index (χ3n) is 3.25. The third-order valence-corrected chi connectivity index (χ3v) is 3.25. The van der Waals surface area contributed by atoms with E-state index in [0.29, 0.717) is 0 Å². The van der Waals surface area contributed by atoms with Crippen molar-refractivity contribution in [2.75, 3.05) is 5.32 Å². The molecule has 1 heterocycles. The number of halogens is 1. The lowest BCUT2D eigenvalue weighted by atomic mass is 10.1. The van der Waals surface area contributed by atoms with E-state index >= 15 is 0 Å². The maximum absolute atomic E-state index is 13.1. The summed E-state index contributed by atoms with van der Waals surface area (Å²) < 4.78 is 13.1. The highest BCUT2D eigenvalue weighted by Gasteiger charge is 2.08. The van der Waals surface area contributed by atoms with Crippen LogP contribution in [0.2, 0.25) is 0 Å². The fraction of sp³-hybridized carbons (Fsp3) is 0.133. The standard InChI is InChI=1S/C15H14FN3O/c1-9(17-12-4-2-3-11(16)8-12)10-5-6-13-14(7-10)19-15(20)18-13/h2-9,17H,1H3,(H2,18,19,20). The molecule has 5 heteroatoms. The van der Waals surface area contributed by atoms with Gasteiger partial charge in [-0.25, -0.2) is 9.18 Å². The summed E-state index contributed by atoms with van der Waals surface area (Å²) in [5.74, 6) is -0.271. The van der Waals surface area contributed by atoms with Crippen molar-refractivity contribution in [2.45, 2.75) is 13.0 Å². The van der Waals surface area contributed by atoms with Crippen molar-refractivity contribution < 1.29 is 4.39 Å². The molecule has 0 radical (unpaired) electrons. The Hall–Kier alpha value is -2.56. The predicted molar refractivity (Wildman–Crippen MR) is 77.4 cm³/mol. The van der Waals surface area contributed by atoms with E-state index in [1.807, 2.05) is 31.2 Å². The molecule has 3 rings (SSSR count). The Labute approximate surface area is 114 Å². The summed E-state index contributed by atoms with van der Waals surface area (Å²) >= 11 is 0. The van der Waals surface area contributed by atoms with Gasteiger partial charge in [0.25, 0.3) is 0 Å². The Kier molecular flexibility index (Phi) is 3.02. The van der Waals surface area contributed by atoms with Gasteiger partial charge in [0.15, 0.2) is 0 Å². The summed E-state index contributed by atoms with van der Waals surface area (Å²) in [7, 11) is 0. The molecular weight excluding hydrogens is 257 g/mol. The molecule has 2 aromatic carbocycles. The molecule has 4 nitrogen and oxygen atoms in total. The molecule has 0 bridgehead atoms. The molecule has 1 unspecified atom stereocenters. The number of benzene rings is 2. The van der Waals surface area contributed by atoms with Crippen LogP contribution in [0, 0.1) is 5.82 Å². The quantitative estimate of drug-likeness (QED) is 0.685. The predicted octanol–water partition coefficient (Wildman–Crippen LogP) is 3.17. The summed E-state index contributed by atoms with van der Waals surface area (Å²) in [5, 5.41) is 3.23. The van der Waals surface area contributed by atoms with E-state index in [1.165, 1.54) is 12.1 Å². The van der Waals surface area contributed by atoms with E-state index < -0.39 is 0 Å². The van der Waals surface area contributed by atoms with Crippen LogP contribution in [0.4, 0.5) is 10.1 Å². The Bertz CT molecular complexity index is 806. The van der Waals surface area contributed by atoms with Crippen LogP contribution >= 0.6 is 0 Å². The molecule has 0 spiro atoms. The number of aromatic nitrogens is 2. The van der Waals surface area contributed by atoms with Crippen LogP contribution in [0.5, 0.6) is 0 Å². The molecule has 0 saturated heterocycles. The van der Waals surface area contributed by atoms with Gasteiger partial charge >= 0.3 is 5.69 Å². The molecule has 0 fully saturated rings. The number of hydrogen-bond acceptors (Lipinski definition) is 2. The van der Waals surface area contributed by atoms with E-state index in [9.17, 15) is 9.18 Å². The maximum atomic E-state index is 13.1. The zero-order chi connectivity index (χ0) is 14.1. The van der Waals surface area contributed by atoms with Crippen molar-refractivity contribution in [1.82, 2.24) is 9.97 Å². The molecule has 0 aliphatic heterocycles. The Morgan fingerprint density at radius 3 is 2.70 bits per heavy atom. The van der Waals surface area contributed by atoms with Crippen molar-refractivity contribution in [1.29, 1.82) is 0 Å². The van der Waals surface area contributed by atoms with Crippen LogP contribution < -0.4 is 11.0 Å². The van der Waals surface area contributed by atoms with Crippen LogP contribution in [0.15, 0.2) is 47.3 Å². The van der Waals surface area contributed by atoms with Gasteiger partial charge in [0.2, 0.25) is 0 Å². The number of anilines is 1. The smallest absolute Gasteiger partial charge is 0.323 e. The molecule has 102 valence electrons. The zero-order valence-corrected chi connectivity index (χ0v) is 10.9. The van der Waals surface area contributed by atoms with Crippen molar-refractivity contribution in [2.24, 2.45) is 0 Å². The Balaban J connectivity index is 1.88. The van der Waals surface area contributed by atoms with Crippen molar-refractivity contribution in [3.05, 3.63) is 64.3 Å². The molecule has 0 aliphatic rings. The lowest BCUT2D eigenvalue weighted by Gasteiger charge is -2.15. The lowest BCUT2D eigenvalue weighted by molar-refractivity contribution is 0.628. The highest BCUT2D eigenvalue weighted by atomic mass is 19.1. The Morgan fingerprint density at radius 1 is 1.10 bits per heavy atom. The molecule has 1 aromatic heterocycles. The molecule has 1 atom stereocenters. The van der Waals surface area contributed by atoms with Crippen LogP contribution in [-0.2, 0) is 0 Å². The number of fused-ring (bicyclic) bond motifs is 1. The van der Waals surface area contributed by atoms with Crippen molar-refractivity contribution in [3.8, 4) is 0 Å². The minimum Gasteiger partial charge on any atom is -0.378 e. The van der Waals surface area contributed by atoms with Gasteiger partial charge in [0.05, 0.1) is 11.0 Å². The number of aromatic amines is 2. The molecule has 20 heavy (non-hydrogen) atoms. The van der Waals surface area contributed by atoms with Crippen LogP contribution in [0.3, 0.4) is 0 Å². The minimum atomic E-state index is -0.271. The molecule has 3 aromatic rings. The van der Waals surface area contributed by atoms with Gasteiger partial charge in [-0.15, -0.1) is 0 Å². The monoisotopic (exact) mass is 271 g/mol. The first kappa shape index (κ1) is 12.5. The lowest BCUT2D eigenvalue weighted by Crippen LogP contribution is -2.06. The number of nitrogens with one attached hydrogen (secondary N) is 3. The maximum Gasteiger partial charge on any atom is 0.323 e. The fourth-order valence-electron chi connectivity index (χ4n) is 2.23. The summed E-state index contributed by atoms with van der Waals surface area (Å²) in [5.41, 5.74) is 3.05. The van der Waals surface area contributed by atoms with Crippen LogP contribution in [0.25, 0.3) is 11.0 Å². The topological polar surface area (TPSA) is 60.7 Å². The van der Waals surface area contributed by atoms with E-state index in [1.54, 1.807) is 6.07 Å². The number of hydrogen-bond donors (Lipinski definition) is 3. The van der Waals surface area contributed by atoms with Gasteiger partial charge in [-0.3, -0.25) is 0 Å². The largest absolute Gasteiger partial charge is 0.378 e. The van der Waals surface area contributed by atoms with E-state index in [2.05, 4.69) is 15.3 Å². The first-order valence-corrected chi connectivity index (χ1v) is 6.36. The second-order valence-corrected chi connectivity index (χ2v) is 4.76. The van der Waals surface area contributed by atoms with Crippen LogP contribution in [0.1, 0.15) is 18.5 Å². The van der Waals surface area contributed by atoms with Crippen molar-refractivity contribution >= 4 is 16.7 Å². The van der Waals surface area contributed by atoms with Gasteiger partial charge in [0.1, 0.15) is 5.82 Å². The normalized spacial score (nSPS) is 12.5. The zero-order valence-electron chi connectivity index (χ0n) is 10.9. The number of H-pyrrole nitrogens is 2. The fourth-order valence-corrected chi connectivity index (χ4v) is 2.23. The summed E-state index contributed by atoms with van der Waals surface area (Å²) in [6.07, 6.45) is 0. The minimum absolute atomic E-state index is 0.000368. The molecule has 3 N–H and O–H groups in total. The average Bonchev–Trinajstić information content (AvgIpc) is 2.77. The van der Waals surface area contributed by atoms with Gasteiger partial charge < -0.3 is 15.3 Å². The van der Waals surface area contributed by atoms with Gasteiger partial charge in [0, 0.05) is 11.7 Å². The van der Waals surface area contributed by atoms with Gasteiger partial charge in [-0.2, -0.15) is 0 Å². The van der Waals surface area contributed by atoms with Crippen LogP contribution in [-0.4, -0.2) is 9.97 Å².